The summed E-state index contributed by atoms with van der Waals surface area (Å²) in [5.74, 6) is 1.64. The quantitative estimate of drug-likeness (QED) is 0.853. The van der Waals surface area contributed by atoms with E-state index in [0.717, 1.165) is 30.2 Å². The maximum absolute atomic E-state index is 12.1. The number of carbonyl (C=O) groups is 1. The molecular weight excluding hydrogens is 290 g/mol. The number of rotatable bonds is 7. The summed E-state index contributed by atoms with van der Waals surface area (Å²) < 4.78 is 5.11. The van der Waals surface area contributed by atoms with E-state index in [2.05, 4.69) is 29.0 Å². The number of methoxy groups -OCH3 is 1. The molecule has 1 N–H and O–H groups in total. The van der Waals surface area contributed by atoms with E-state index in [4.69, 9.17) is 4.74 Å². The van der Waals surface area contributed by atoms with E-state index in [1.54, 1.807) is 13.3 Å². The third-order valence-electron chi connectivity index (χ3n) is 3.64. The Labute approximate surface area is 137 Å². The highest BCUT2D eigenvalue weighted by molar-refractivity contribution is 5.92. The Morgan fingerprint density at radius 3 is 2.35 bits per heavy atom. The number of anilines is 2. The third kappa shape index (κ3) is 4.71. The molecule has 0 unspecified atom stereocenters. The number of ether oxygens (including phenoxy) is 1. The molecule has 0 aliphatic carbocycles. The van der Waals surface area contributed by atoms with Crippen LogP contribution >= 0.6 is 0 Å². The van der Waals surface area contributed by atoms with Crippen LogP contribution in [0.5, 0.6) is 5.75 Å². The van der Waals surface area contributed by atoms with Crippen molar-refractivity contribution in [2.24, 2.45) is 0 Å². The third-order valence-corrected chi connectivity index (χ3v) is 3.64. The van der Waals surface area contributed by atoms with Crippen LogP contribution < -0.4 is 15.0 Å². The lowest BCUT2D eigenvalue weighted by molar-refractivity contribution is -0.115. The molecule has 0 bridgehead atoms. The fraction of sp³-hybridized carbons (Fsp3) is 0.333. The van der Waals surface area contributed by atoms with Crippen molar-refractivity contribution >= 4 is 17.4 Å². The Kier molecular flexibility index (Phi) is 5.97. The van der Waals surface area contributed by atoms with Crippen molar-refractivity contribution in [2.45, 2.75) is 20.3 Å². The Morgan fingerprint density at radius 1 is 1.13 bits per heavy atom. The second-order valence-corrected chi connectivity index (χ2v) is 5.15. The SMILES string of the molecule is CCN(CC)c1ccc(NC(=O)Cc2ccc(OC)cc2)cn1. The van der Waals surface area contributed by atoms with Crippen LogP contribution in [0.15, 0.2) is 42.6 Å². The van der Waals surface area contributed by atoms with E-state index in [1.807, 2.05) is 36.4 Å². The molecule has 0 fully saturated rings. The Bertz CT molecular complexity index is 620. The lowest BCUT2D eigenvalue weighted by Crippen LogP contribution is -2.23. The van der Waals surface area contributed by atoms with Gasteiger partial charge >= 0.3 is 0 Å². The number of nitrogens with zero attached hydrogens (tertiary/aromatic N) is 2. The molecule has 0 saturated heterocycles. The lowest BCUT2D eigenvalue weighted by Gasteiger charge is -2.19. The highest BCUT2D eigenvalue weighted by Gasteiger charge is 2.07. The van der Waals surface area contributed by atoms with Gasteiger partial charge in [0.05, 0.1) is 25.4 Å². The summed E-state index contributed by atoms with van der Waals surface area (Å²) in [6.07, 6.45) is 2.02. The molecule has 0 atom stereocenters. The highest BCUT2D eigenvalue weighted by atomic mass is 16.5. The van der Waals surface area contributed by atoms with Gasteiger partial charge in [0.1, 0.15) is 11.6 Å². The number of carbonyl (C=O) groups excluding carboxylic acids is 1. The van der Waals surface area contributed by atoms with E-state index < -0.39 is 0 Å². The van der Waals surface area contributed by atoms with Crippen molar-refractivity contribution in [2.75, 3.05) is 30.4 Å². The van der Waals surface area contributed by atoms with E-state index in [0.29, 0.717) is 12.1 Å². The number of pyridine rings is 1. The van der Waals surface area contributed by atoms with Crippen molar-refractivity contribution in [3.05, 3.63) is 48.2 Å². The molecule has 0 aliphatic heterocycles. The molecule has 1 aromatic carbocycles. The topological polar surface area (TPSA) is 54.5 Å². The summed E-state index contributed by atoms with van der Waals surface area (Å²) in [5, 5.41) is 2.87. The first-order valence-electron chi connectivity index (χ1n) is 7.80. The van der Waals surface area contributed by atoms with Crippen molar-refractivity contribution in [1.82, 2.24) is 4.98 Å². The van der Waals surface area contributed by atoms with Gasteiger partial charge in [-0.15, -0.1) is 0 Å². The zero-order chi connectivity index (χ0) is 16.7. The molecule has 2 rings (SSSR count). The minimum Gasteiger partial charge on any atom is -0.497 e. The zero-order valence-corrected chi connectivity index (χ0v) is 13.9. The number of hydrogen-bond acceptors (Lipinski definition) is 4. The Hall–Kier alpha value is -2.56. The van der Waals surface area contributed by atoms with Crippen LogP contribution in [0.4, 0.5) is 11.5 Å². The lowest BCUT2D eigenvalue weighted by atomic mass is 10.1. The normalized spacial score (nSPS) is 10.2. The summed E-state index contributed by atoms with van der Waals surface area (Å²) in [6.45, 7) is 6.00. The van der Waals surface area contributed by atoms with E-state index in [-0.39, 0.29) is 5.91 Å². The number of nitrogens with one attached hydrogen (secondary N) is 1. The van der Waals surface area contributed by atoms with Crippen LogP contribution in [0.2, 0.25) is 0 Å². The monoisotopic (exact) mass is 313 g/mol. The van der Waals surface area contributed by atoms with Gasteiger partial charge in [-0.05, 0) is 43.7 Å². The minimum atomic E-state index is -0.0624. The first-order chi connectivity index (χ1) is 11.2. The molecule has 0 radical (unpaired) electrons. The molecule has 1 amide bonds. The first-order valence-corrected chi connectivity index (χ1v) is 7.80. The molecule has 1 aromatic heterocycles. The van der Waals surface area contributed by atoms with Gasteiger partial charge in [0.25, 0.3) is 0 Å². The molecule has 5 heteroatoms. The molecule has 2 aromatic rings. The second kappa shape index (κ2) is 8.17. The van der Waals surface area contributed by atoms with Gasteiger partial charge in [-0.3, -0.25) is 4.79 Å². The van der Waals surface area contributed by atoms with E-state index in [9.17, 15) is 4.79 Å². The van der Waals surface area contributed by atoms with Crippen LogP contribution in [-0.4, -0.2) is 31.1 Å². The number of aromatic nitrogens is 1. The minimum absolute atomic E-state index is 0.0624. The van der Waals surface area contributed by atoms with Crippen molar-refractivity contribution in [1.29, 1.82) is 0 Å². The van der Waals surface area contributed by atoms with Gasteiger partial charge in [0, 0.05) is 13.1 Å². The summed E-state index contributed by atoms with van der Waals surface area (Å²) in [7, 11) is 1.62. The zero-order valence-electron chi connectivity index (χ0n) is 13.9. The molecule has 0 saturated carbocycles. The average molecular weight is 313 g/mol. The molecule has 122 valence electrons. The largest absolute Gasteiger partial charge is 0.497 e. The number of benzene rings is 1. The first kappa shape index (κ1) is 16.8. The summed E-state index contributed by atoms with van der Waals surface area (Å²) in [6, 6.07) is 11.3. The van der Waals surface area contributed by atoms with E-state index in [1.165, 1.54) is 0 Å². The smallest absolute Gasteiger partial charge is 0.228 e. The van der Waals surface area contributed by atoms with Crippen LogP contribution in [0.25, 0.3) is 0 Å². The Morgan fingerprint density at radius 2 is 1.83 bits per heavy atom. The van der Waals surface area contributed by atoms with Gasteiger partial charge in [-0.1, -0.05) is 12.1 Å². The van der Waals surface area contributed by atoms with Gasteiger partial charge in [0.2, 0.25) is 5.91 Å². The number of hydrogen-bond donors (Lipinski definition) is 1. The van der Waals surface area contributed by atoms with Crippen molar-refractivity contribution in [3.63, 3.8) is 0 Å². The van der Waals surface area contributed by atoms with Crippen LogP contribution in [-0.2, 0) is 11.2 Å². The molecule has 1 heterocycles. The molecular formula is C18H23N3O2. The van der Waals surface area contributed by atoms with E-state index >= 15 is 0 Å². The fourth-order valence-electron chi connectivity index (χ4n) is 2.33. The molecule has 0 spiro atoms. The maximum Gasteiger partial charge on any atom is 0.228 e. The summed E-state index contributed by atoms with van der Waals surface area (Å²) in [5.41, 5.74) is 1.65. The van der Waals surface area contributed by atoms with Gasteiger partial charge < -0.3 is 15.0 Å². The van der Waals surface area contributed by atoms with Crippen molar-refractivity contribution in [3.8, 4) is 5.75 Å². The standard InChI is InChI=1S/C18H23N3O2/c1-4-21(5-2)17-11-8-15(13-19-17)20-18(22)12-14-6-9-16(23-3)10-7-14/h6-11,13H,4-5,12H2,1-3H3,(H,20,22). The predicted molar refractivity (Wildman–Crippen MR) is 93.1 cm³/mol. The maximum atomic E-state index is 12.1. The molecule has 5 nitrogen and oxygen atoms in total. The average Bonchev–Trinajstić information content (AvgIpc) is 2.58. The molecule has 0 aliphatic rings. The second-order valence-electron chi connectivity index (χ2n) is 5.15. The van der Waals surface area contributed by atoms with Crippen LogP contribution in [0.3, 0.4) is 0 Å². The number of amides is 1. The molecule has 23 heavy (non-hydrogen) atoms. The predicted octanol–water partition coefficient (Wildman–Crippen LogP) is 3.12. The highest BCUT2D eigenvalue weighted by Crippen LogP contribution is 2.15. The Balaban J connectivity index is 1.94. The summed E-state index contributed by atoms with van der Waals surface area (Å²) in [4.78, 5) is 18.6. The van der Waals surface area contributed by atoms with Crippen LogP contribution in [0.1, 0.15) is 19.4 Å². The van der Waals surface area contributed by atoms with Gasteiger partial charge in [-0.2, -0.15) is 0 Å². The van der Waals surface area contributed by atoms with Gasteiger partial charge in [-0.25, -0.2) is 4.98 Å². The fourth-order valence-corrected chi connectivity index (χ4v) is 2.33. The summed E-state index contributed by atoms with van der Waals surface area (Å²) >= 11 is 0. The van der Waals surface area contributed by atoms with Crippen molar-refractivity contribution < 1.29 is 9.53 Å². The van der Waals surface area contributed by atoms with Crippen LogP contribution in [0, 0.1) is 0 Å². The van der Waals surface area contributed by atoms with Gasteiger partial charge in [0.15, 0.2) is 0 Å².